The van der Waals surface area contributed by atoms with Gasteiger partial charge in [0.25, 0.3) is 0 Å². The van der Waals surface area contributed by atoms with E-state index in [0.717, 1.165) is 9.26 Å². The summed E-state index contributed by atoms with van der Waals surface area (Å²) in [6, 6.07) is 5.72. The van der Waals surface area contributed by atoms with Crippen molar-refractivity contribution in [2.45, 2.75) is 6.42 Å². The van der Waals surface area contributed by atoms with Crippen molar-refractivity contribution in [2.75, 3.05) is 23.1 Å². The molecule has 1 aliphatic heterocycles. The summed E-state index contributed by atoms with van der Waals surface area (Å²) in [7, 11) is 0. The van der Waals surface area contributed by atoms with E-state index in [0.29, 0.717) is 24.5 Å². The first kappa shape index (κ1) is 12.0. The number of benzene rings is 1. The van der Waals surface area contributed by atoms with Crippen LogP contribution < -0.4 is 10.6 Å². The summed E-state index contributed by atoms with van der Waals surface area (Å²) in [4.78, 5) is 13.5. The predicted octanol–water partition coefficient (Wildman–Crippen LogP) is 2.47. The molecule has 0 bridgehead atoms. The molecule has 5 heteroatoms. The molecular weight excluding hydrogens is 338 g/mol. The van der Waals surface area contributed by atoms with Gasteiger partial charge >= 0.3 is 0 Å². The SMILES string of the molecule is Nc1cc(I)ccc1N1CC(CCl)CC1=O. The van der Waals surface area contributed by atoms with E-state index in [2.05, 4.69) is 22.6 Å². The Labute approximate surface area is 113 Å². The van der Waals surface area contributed by atoms with Crippen molar-refractivity contribution < 1.29 is 4.79 Å². The molecule has 1 unspecified atom stereocenters. The second kappa shape index (κ2) is 4.79. The Balaban J connectivity index is 2.28. The number of nitrogens with two attached hydrogens (primary N) is 1. The molecule has 86 valence electrons. The van der Waals surface area contributed by atoms with E-state index in [9.17, 15) is 4.79 Å². The van der Waals surface area contributed by atoms with E-state index < -0.39 is 0 Å². The molecule has 1 aliphatic rings. The molecule has 16 heavy (non-hydrogen) atoms. The minimum absolute atomic E-state index is 0.110. The lowest BCUT2D eigenvalue weighted by molar-refractivity contribution is -0.117. The fourth-order valence-electron chi connectivity index (χ4n) is 1.89. The van der Waals surface area contributed by atoms with E-state index in [1.54, 1.807) is 4.90 Å². The monoisotopic (exact) mass is 350 g/mol. The first-order valence-corrected chi connectivity index (χ1v) is 6.64. The molecule has 2 rings (SSSR count). The lowest BCUT2D eigenvalue weighted by Gasteiger charge is -2.18. The molecule has 1 heterocycles. The van der Waals surface area contributed by atoms with Crippen LogP contribution in [0.25, 0.3) is 0 Å². The third kappa shape index (κ3) is 2.27. The van der Waals surface area contributed by atoms with Crippen LogP contribution in [0.4, 0.5) is 11.4 Å². The number of anilines is 2. The third-order valence-corrected chi connectivity index (χ3v) is 3.81. The molecule has 0 aromatic heterocycles. The Hall–Kier alpha value is -0.490. The lowest BCUT2D eigenvalue weighted by atomic mass is 10.1. The molecule has 0 saturated carbocycles. The predicted molar refractivity (Wildman–Crippen MR) is 74.8 cm³/mol. The van der Waals surface area contributed by atoms with Crippen molar-refractivity contribution >= 4 is 51.5 Å². The normalized spacial score (nSPS) is 20.5. The van der Waals surface area contributed by atoms with Crippen molar-refractivity contribution in [2.24, 2.45) is 5.92 Å². The number of amides is 1. The minimum atomic E-state index is 0.110. The van der Waals surface area contributed by atoms with Crippen molar-refractivity contribution in [3.8, 4) is 0 Å². The second-order valence-corrected chi connectivity index (χ2v) is 5.49. The number of alkyl halides is 1. The fraction of sp³-hybridized carbons (Fsp3) is 0.364. The van der Waals surface area contributed by atoms with Gasteiger partial charge in [-0.15, -0.1) is 11.6 Å². The van der Waals surface area contributed by atoms with Crippen LogP contribution in [0.2, 0.25) is 0 Å². The average molecular weight is 351 g/mol. The van der Waals surface area contributed by atoms with Crippen LogP contribution in [0.1, 0.15) is 6.42 Å². The molecule has 1 atom stereocenters. The second-order valence-electron chi connectivity index (χ2n) is 3.93. The average Bonchev–Trinajstić information content (AvgIpc) is 2.60. The Morgan fingerprint density at radius 3 is 2.88 bits per heavy atom. The molecule has 0 spiro atoms. The number of carbonyl (C=O) groups is 1. The van der Waals surface area contributed by atoms with Gasteiger partial charge in [-0.05, 0) is 46.7 Å². The van der Waals surface area contributed by atoms with Gasteiger partial charge in [0.15, 0.2) is 0 Å². The first-order valence-electron chi connectivity index (χ1n) is 5.03. The number of nitrogens with zero attached hydrogens (tertiary/aromatic N) is 1. The zero-order valence-corrected chi connectivity index (χ0v) is 11.5. The van der Waals surface area contributed by atoms with Gasteiger partial charge in [-0.3, -0.25) is 4.79 Å². The Bertz CT molecular complexity index is 424. The van der Waals surface area contributed by atoms with Gasteiger partial charge < -0.3 is 10.6 Å². The van der Waals surface area contributed by atoms with Crippen molar-refractivity contribution in [1.29, 1.82) is 0 Å². The number of nitrogen functional groups attached to an aromatic ring is 1. The molecule has 1 fully saturated rings. The molecule has 0 radical (unpaired) electrons. The zero-order chi connectivity index (χ0) is 11.7. The van der Waals surface area contributed by atoms with Gasteiger partial charge in [0, 0.05) is 22.4 Å². The molecule has 1 amide bonds. The highest BCUT2D eigenvalue weighted by Crippen LogP contribution is 2.31. The standard InChI is InChI=1S/C11H12ClIN2O/c12-5-7-3-11(16)15(6-7)10-2-1-8(13)4-9(10)14/h1-2,4,7H,3,5-6,14H2. The van der Waals surface area contributed by atoms with Crippen LogP contribution in [0.15, 0.2) is 18.2 Å². The summed E-state index contributed by atoms with van der Waals surface area (Å²) in [6.07, 6.45) is 0.523. The van der Waals surface area contributed by atoms with Gasteiger partial charge in [0.05, 0.1) is 11.4 Å². The highest BCUT2D eigenvalue weighted by molar-refractivity contribution is 14.1. The largest absolute Gasteiger partial charge is 0.397 e. The van der Waals surface area contributed by atoms with Crippen LogP contribution in [0.5, 0.6) is 0 Å². The highest BCUT2D eigenvalue weighted by atomic mass is 127. The number of hydrogen-bond donors (Lipinski definition) is 1. The molecule has 1 aromatic carbocycles. The van der Waals surface area contributed by atoms with E-state index in [4.69, 9.17) is 17.3 Å². The third-order valence-electron chi connectivity index (χ3n) is 2.70. The van der Waals surface area contributed by atoms with Crippen LogP contribution in [0, 0.1) is 9.49 Å². The topological polar surface area (TPSA) is 46.3 Å². The Kier molecular flexibility index (Phi) is 3.59. The smallest absolute Gasteiger partial charge is 0.227 e. The number of carbonyl (C=O) groups excluding carboxylic acids is 1. The van der Waals surface area contributed by atoms with Crippen LogP contribution in [0.3, 0.4) is 0 Å². The Morgan fingerprint density at radius 1 is 1.56 bits per heavy atom. The molecule has 1 saturated heterocycles. The molecular formula is C11H12ClIN2O. The summed E-state index contributed by atoms with van der Waals surface area (Å²) < 4.78 is 1.07. The summed E-state index contributed by atoms with van der Waals surface area (Å²) in [5, 5.41) is 0. The maximum atomic E-state index is 11.8. The summed E-state index contributed by atoms with van der Waals surface area (Å²) >= 11 is 7.98. The van der Waals surface area contributed by atoms with Gasteiger partial charge in [0.2, 0.25) is 5.91 Å². The maximum Gasteiger partial charge on any atom is 0.227 e. The number of rotatable bonds is 2. The van der Waals surface area contributed by atoms with Crippen molar-refractivity contribution in [3.05, 3.63) is 21.8 Å². The molecule has 0 aliphatic carbocycles. The van der Waals surface area contributed by atoms with Gasteiger partial charge in [-0.25, -0.2) is 0 Å². The van der Waals surface area contributed by atoms with Crippen LogP contribution in [-0.2, 0) is 4.79 Å². The fourth-order valence-corrected chi connectivity index (χ4v) is 2.61. The maximum absolute atomic E-state index is 11.8. The van der Waals surface area contributed by atoms with E-state index >= 15 is 0 Å². The van der Waals surface area contributed by atoms with Gasteiger partial charge in [0.1, 0.15) is 0 Å². The summed E-state index contributed by atoms with van der Waals surface area (Å²) in [5.74, 6) is 0.874. The summed E-state index contributed by atoms with van der Waals surface area (Å²) in [6.45, 7) is 0.674. The quantitative estimate of drug-likeness (QED) is 0.506. The number of halogens is 2. The number of hydrogen-bond acceptors (Lipinski definition) is 2. The van der Waals surface area contributed by atoms with Gasteiger partial charge in [-0.2, -0.15) is 0 Å². The van der Waals surface area contributed by atoms with Crippen molar-refractivity contribution in [1.82, 2.24) is 0 Å². The highest BCUT2D eigenvalue weighted by Gasteiger charge is 2.30. The minimum Gasteiger partial charge on any atom is -0.397 e. The van der Waals surface area contributed by atoms with E-state index in [1.165, 1.54) is 0 Å². The van der Waals surface area contributed by atoms with Crippen LogP contribution >= 0.6 is 34.2 Å². The summed E-state index contributed by atoms with van der Waals surface area (Å²) in [5.41, 5.74) is 7.37. The Morgan fingerprint density at radius 2 is 2.31 bits per heavy atom. The molecule has 1 aromatic rings. The lowest BCUT2D eigenvalue weighted by Crippen LogP contribution is -2.25. The van der Waals surface area contributed by atoms with Crippen molar-refractivity contribution in [3.63, 3.8) is 0 Å². The van der Waals surface area contributed by atoms with E-state index in [1.807, 2.05) is 18.2 Å². The molecule has 3 nitrogen and oxygen atoms in total. The zero-order valence-electron chi connectivity index (χ0n) is 8.62. The first-order chi connectivity index (χ1) is 7.61. The molecule has 2 N–H and O–H groups in total. The van der Waals surface area contributed by atoms with E-state index in [-0.39, 0.29) is 11.8 Å². The van der Waals surface area contributed by atoms with Gasteiger partial charge in [-0.1, -0.05) is 0 Å². The van der Waals surface area contributed by atoms with Crippen LogP contribution in [-0.4, -0.2) is 18.3 Å².